The van der Waals surface area contributed by atoms with E-state index in [1.165, 1.54) is 11.4 Å². The van der Waals surface area contributed by atoms with Gasteiger partial charge in [-0.15, -0.1) is 0 Å². The first kappa shape index (κ1) is 14.2. The second-order valence-corrected chi connectivity index (χ2v) is 5.11. The minimum atomic E-state index is 0.470. The molecule has 1 aliphatic carbocycles. The normalized spacial score (nSPS) is 21.8. The molecule has 0 aliphatic heterocycles. The van der Waals surface area contributed by atoms with Crippen molar-refractivity contribution in [3.63, 3.8) is 0 Å². The van der Waals surface area contributed by atoms with Crippen molar-refractivity contribution < 1.29 is 4.74 Å². The van der Waals surface area contributed by atoms with Gasteiger partial charge in [-0.3, -0.25) is 0 Å². The topological polar surface area (TPSA) is 24.5 Å². The fraction of sp³-hybridized carbons (Fsp3) is 0.625. The van der Waals surface area contributed by atoms with Crippen LogP contribution in [0.4, 0.5) is 11.4 Å². The zero-order valence-electron chi connectivity index (χ0n) is 12.4. The van der Waals surface area contributed by atoms with Crippen LogP contribution in [0.25, 0.3) is 0 Å². The molecule has 0 aromatic heterocycles. The molecule has 1 N–H and O–H groups in total. The zero-order valence-corrected chi connectivity index (χ0v) is 12.4. The van der Waals surface area contributed by atoms with Crippen molar-refractivity contribution in [1.29, 1.82) is 0 Å². The summed E-state index contributed by atoms with van der Waals surface area (Å²) >= 11 is 0. The van der Waals surface area contributed by atoms with E-state index in [4.69, 9.17) is 4.74 Å². The van der Waals surface area contributed by atoms with Crippen LogP contribution >= 0.6 is 0 Å². The SMILES string of the molecule is CCOC1CC(Nc2ccc(N(CC)CC)cc2)C1. The largest absolute Gasteiger partial charge is 0.382 e. The molecule has 1 aromatic rings. The second-order valence-electron chi connectivity index (χ2n) is 5.11. The highest BCUT2D eigenvalue weighted by molar-refractivity contribution is 5.55. The molecule has 1 saturated carbocycles. The Morgan fingerprint density at radius 2 is 1.74 bits per heavy atom. The van der Waals surface area contributed by atoms with Gasteiger partial charge in [0.15, 0.2) is 0 Å². The van der Waals surface area contributed by atoms with E-state index in [-0.39, 0.29) is 0 Å². The van der Waals surface area contributed by atoms with Gasteiger partial charge in [-0.1, -0.05) is 0 Å². The molecule has 0 saturated heterocycles. The van der Waals surface area contributed by atoms with Crippen molar-refractivity contribution in [1.82, 2.24) is 0 Å². The van der Waals surface area contributed by atoms with E-state index in [0.29, 0.717) is 12.1 Å². The van der Waals surface area contributed by atoms with E-state index >= 15 is 0 Å². The van der Waals surface area contributed by atoms with Crippen LogP contribution in [-0.2, 0) is 4.74 Å². The third-order valence-electron chi connectivity index (χ3n) is 3.86. The first-order valence-corrected chi connectivity index (χ1v) is 7.49. The average molecular weight is 262 g/mol. The lowest BCUT2D eigenvalue weighted by atomic mass is 9.89. The summed E-state index contributed by atoms with van der Waals surface area (Å²) in [6.45, 7) is 9.39. The number of hydrogen-bond acceptors (Lipinski definition) is 3. The van der Waals surface area contributed by atoms with Gasteiger partial charge < -0.3 is 15.0 Å². The van der Waals surface area contributed by atoms with Gasteiger partial charge in [0, 0.05) is 37.1 Å². The van der Waals surface area contributed by atoms with Crippen LogP contribution in [0, 0.1) is 0 Å². The van der Waals surface area contributed by atoms with Gasteiger partial charge in [0.2, 0.25) is 0 Å². The molecular weight excluding hydrogens is 236 g/mol. The lowest BCUT2D eigenvalue weighted by molar-refractivity contribution is 0.00299. The van der Waals surface area contributed by atoms with Crippen molar-refractivity contribution in [2.45, 2.75) is 45.8 Å². The minimum absolute atomic E-state index is 0.470. The Morgan fingerprint density at radius 3 is 2.26 bits per heavy atom. The molecule has 0 heterocycles. The Morgan fingerprint density at radius 1 is 1.11 bits per heavy atom. The van der Waals surface area contributed by atoms with Gasteiger partial charge in [0.05, 0.1) is 6.10 Å². The summed E-state index contributed by atoms with van der Waals surface area (Å²) in [5, 5.41) is 3.57. The van der Waals surface area contributed by atoms with Gasteiger partial charge in [-0.2, -0.15) is 0 Å². The van der Waals surface area contributed by atoms with Gasteiger partial charge in [0.1, 0.15) is 0 Å². The number of anilines is 2. The molecule has 3 nitrogen and oxygen atoms in total. The van der Waals surface area contributed by atoms with E-state index in [0.717, 1.165) is 32.5 Å². The quantitative estimate of drug-likeness (QED) is 0.814. The molecular formula is C16H26N2O. The fourth-order valence-electron chi connectivity index (χ4n) is 2.65. The zero-order chi connectivity index (χ0) is 13.7. The first-order valence-electron chi connectivity index (χ1n) is 7.49. The average Bonchev–Trinajstić information content (AvgIpc) is 2.39. The molecule has 19 heavy (non-hydrogen) atoms. The maximum absolute atomic E-state index is 5.58. The van der Waals surface area contributed by atoms with E-state index < -0.39 is 0 Å². The van der Waals surface area contributed by atoms with E-state index in [1.807, 2.05) is 0 Å². The Balaban J connectivity index is 1.83. The summed E-state index contributed by atoms with van der Waals surface area (Å²) in [5.74, 6) is 0. The summed E-state index contributed by atoms with van der Waals surface area (Å²) in [5.41, 5.74) is 2.52. The first-order chi connectivity index (χ1) is 9.26. The van der Waals surface area contributed by atoms with Crippen LogP contribution < -0.4 is 10.2 Å². The molecule has 1 aliphatic rings. The molecule has 106 valence electrons. The summed E-state index contributed by atoms with van der Waals surface area (Å²) in [7, 11) is 0. The van der Waals surface area contributed by atoms with Crippen LogP contribution in [0.5, 0.6) is 0 Å². The maximum atomic E-state index is 5.58. The van der Waals surface area contributed by atoms with Crippen LogP contribution in [-0.4, -0.2) is 31.8 Å². The number of ether oxygens (including phenoxy) is 1. The number of benzene rings is 1. The molecule has 2 rings (SSSR count). The summed E-state index contributed by atoms with van der Waals surface area (Å²) in [6.07, 6.45) is 2.73. The summed E-state index contributed by atoms with van der Waals surface area (Å²) < 4.78 is 5.58. The molecule has 1 fully saturated rings. The fourth-order valence-corrected chi connectivity index (χ4v) is 2.65. The van der Waals surface area contributed by atoms with Crippen LogP contribution in [0.15, 0.2) is 24.3 Å². The van der Waals surface area contributed by atoms with Crippen molar-refractivity contribution in [3.8, 4) is 0 Å². The smallest absolute Gasteiger partial charge is 0.0614 e. The van der Waals surface area contributed by atoms with Gasteiger partial charge in [0.25, 0.3) is 0 Å². The standard InChI is InChI=1S/C16H26N2O/c1-4-18(5-2)15-9-7-13(8-10-15)17-14-11-16(12-14)19-6-3/h7-10,14,16-17H,4-6,11-12H2,1-3H3. The summed E-state index contributed by atoms with van der Waals surface area (Å²) in [4.78, 5) is 2.36. The van der Waals surface area contributed by atoms with Crippen molar-refractivity contribution in [2.24, 2.45) is 0 Å². The Labute approximate surface area is 116 Å². The number of hydrogen-bond donors (Lipinski definition) is 1. The molecule has 0 atom stereocenters. The molecule has 1 aromatic carbocycles. The monoisotopic (exact) mass is 262 g/mol. The van der Waals surface area contributed by atoms with E-state index in [2.05, 4.69) is 55.3 Å². The molecule has 0 unspecified atom stereocenters. The maximum Gasteiger partial charge on any atom is 0.0614 e. The Kier molecular flexibility index (Phi) is 5.08. The molecule has 0 amide bonds. The van der Waals surface area contributed by atoms with Crippen LogP contribution in [0.2, 0.25) is 0 Å². The molecule has 3 heteroatoms. The molecule has 0 radical (unpaired) electrons. The predicted octanol–water partition coefficient (Wildman–Crippen LogP) is 3.51. The highest BCUT2D eigenvalue weighted by atomic mass is 16.5. The van der Waals surface area contributed by atoms with E-state index in [9.17, 15) is 0 Å². The van der Waals surface area contributed by atoms with Crippen molar-refractivity contribution in [3.05, 3.63) is 24.3 Å². The number of nitrogens with one attached hydrogen (secondary N) is 1. The van der Waals surface area contributed by atoms with Gasteiger partial charge in [-0.05, 0) is 57.9 Å². The third-order valence-corrected chi connectivity index (χ3v) is 3.86. The Hall–Kier alpha value is -1.22. The minimum Gasteiger partial charge on any atom is -0.382 e. The van der Waals surface area contributed by atoms with Gasteiger partial charge >= 0.3 is 0 Å². The number of rotatable bonds is 7. The lowest BCUT2D eigenvalue weighted by Crippen LogP contribution is -2.40. The highest BCUT2D eigenvalue weighted by Crippen LogP contribution is 2.27. The second kappa shape index (κ2) is 6.80. The molecule has 0 spiro atoms. The van der Waals surface area contributed by atoms with Crippen LogP contribution in [0.3, 0.4) is 0 Å². The van der Waals surface area contributed by atoms with Crippen LogP contribution in [0.1, 0.15) is 33.6 Å². The van der Waals surface area contributed by atoms with Gasteiger partial charge in [-0.25, -0.2) is 0 Å². The highest BCUT2D eigenvalue weighted by Gasteiger charge is 2.29. The van der Waals surface area contributed by atoms with Crippen molar-refractivity contribution >= 4 is 11.4 Å². The third kappa shape index (κ3) is 3.63. The molecule has 0 bridgehead atoms. The summed E-state index contributed by atoms with van der Waals surface area (Å²) in [6, 6.07) is 9.35. The van der Waals surface area contributed by atoms with E-state index in [1.54, 1.807) is 0 Å². The Bertz CT molecular complexity index is 367. The lowest BCUT2D eigenvalue weighted by Gasteiger charge is -2.36. The number of nitrogens with zero attached hydrogens (tertiary/aromatic N) is 1. The van der Waals surface area contributed by atoms with Crippen molar-refractivity contribution in [2.75, 3.05) is 29.9 Å². The predicted molar refractivity (Wildman–Crippen MR) is 82.1 cm³/mol.